The molecular weight excluding hydrogens is 170 g/mol. The minimum Gasteiger partial charge on any atom is -0.306 e. The summed E-state index contributed by atoms with van der Waals surface area (Å²) >= 11 is 0. The fourth-order valence-corrected chi connectivity index (χ4v) is 3.52. The predicted molar refractivity (Wildman–Crippen MR) is 61.5 cm³/mol. The summed E-state index contributed by atoms with van der Waals surface area (Å²) in [6.45, 7) is 2.72. The van der Waals surface area contributed by atoms with Crippen LogP contribution in [-0.4, -0.2) is 25.0 Å². The van der Waals surface area contributed by atoms with Crippen LogP contribution in [0.4, 0.5) is 0 Å². The van der Waals surface area contributed by atoms with Crippen molar-refractivity contribution in [2.45, 2.75) is 57.8 Å². The largest absolute Gasteiger partial charge is 0.306 e. The van der Waals surface area contributed by atoms with Crippen molar-refractivity contribution >= 4 is 0 Å². The maximum atomic E-state index is 2.56. The first-order valence-corrected chi connectivity index (χ1v) is 6.49. The summed E-state index contributed by atoms with van der Waals surface area (Å²) in [5.74, 6) is 0. The van der Waals surface area contributed by atoms with Gasteiger partial charge in [-0.25, -0.2) is 0 Å². The van der Waals surface area contributed by atoms with Crippen LogP contribution in [0.3, 0.4) is 0 Å². The van der Waals surface area contributed by atoms with Crippen molar-refractivity contribution in [1.29, 1.82) is 0 Å². The highest BCUT2D eigenvalue weighted by atomic mass is 15.1. The second-order valence-corrected chi connectivity index (χ2v) is 5.61. The van der Waals surface area contributed by atoms with Gasteiger partial charge in [0.25, 0.3) is 0 Å². The lowest BCUT2D eigenvalue weighted by Gasteiger charge is -2.43. The highest BCUT2D eigenvalue weighted by Crippen LogP contribution is 2.40. The van der Waals surface area contributed by atoms with E-state index in [1.165, 1.54) is 70.9 Å². The van der Waals surface area contributed by atoms with Crippen molar-refractivity contribution in [2.75, 3.05) is 20.1 Å². The van der Waals surface area contributed by atoms with Gasteiger partial charge in [-0.2, -0.15) is 0 Å². The summed E-state index contributed by atoms with van der Waals surface area (Å²) in [6.07, 6.45) is 13.4. The van der Waals surface area contributed by atoms with E-state index in [2.05, 4.69) is 11.9 Å². The standard InChI is InChI=1S/C13H25N/c1-14-11-7-10-13(12-14)8-5-3-2-4-6-9-13/h2-12H2,1H3. The lowest BCUT2D eigenvalue weighted by molar-refractivity contribution is 0.0794. The topological polar surface area (TPSA) is 3.24 Å². The van der Waals surface area contributed by atoms with E-state index >= 15 is 0 Å². The van der Waals surface area contributed by atoms with Crippen LogP contribution in [0.2, 0.25) is 0 Å². The molecule has 0 aromatic carbocycles. The first-order chi connectivity index (χ1) is 6.81. The lowest BCUT2D eigenvalue weighted by Crippen LogP contribution is -2.41. The normalized spacial score (nSPS) is 29.8. The van der Waals surface area contributed by atoms with Gasteiger partial charge in [0.05, 0.1) is 0 Å². The summed E-state index contributed by atoms with van der Waals surface area (Å²) in [5, 5.41) is 0. The average Bonchev–Trinajstić information content (AvgIpc) is 2.12. The third-order valence-corrected chi connectivity index (χ3v) is 4.27. The molecule has 1 aliphatic carbocycles. The van der Waals surface area contributed by atoms with Gasteiger partial charge in [0.2, 0.25) is 0 Å². The Balaban J connectivity index is 1.95. The van der Waals surface area contributed by atoms with Crippen molar-refractivity contribution in [3.8, 4) is 0 Å². The van der Waals surface area contributed by atoms with Gasteiger partial charge in [0.15, 0.2) is 0 Å². The number of hydrogen-bond donors (Lipinski definition) is 0. The fourth-order valence-electron chi connectivity index (χ4n) is 3.52. The van der Waals surface area contributed by atoms with Crippen LogP contribution in [0.15, 0.2) is 0 Å². The van der Waals surface area contributed by atoms with Gasteiger partial charge in [-0.15, -0.1) is 0 Å². The predicted octanol–water partition coefficient (Wildman–Crippen LogP) is 3.44. The molecule has 1 saturated heterocycles. The molecule has 1 heterocycles. The van der Waals surface area contributed by atoms with Gasteiger partial charge in [-0.3, -0.25) is 0 Å². The number of piperidine rings is 1. The molecule has 0 unspecified atom stereocenters. The molecule has 1 spiro atoms. The molecule has 0 N–H and O–H groups in total. The Morgan fingerprint density at radius 1 is 0.786 bits per heavy atom. The average molecular weight is 195 g/mol. The Bertz CT molecular complexity index is 168. The maximum absolute atomic E-state index is 2.56. The zero-order valence-corrected chi connectivity index (χ0v) is 9.73. The molecule has 0 amide bonds. The van der Waals surface area contributed by atoms with E-state index in [1.54, 1.807) is 0 Å². The third kappa shape index (κ3) is 2.50. The van der Waals surface area contributed by atoms with Gasteiger partial charge >= 0.3 is 0 Å². The van der Waals surface area contributed by atoms with Crippen LogP contribution in [-0.2, 0) is 0 Å². The molecule has 0 atom stereocenters. The van der Waals surface area contributed by atoms with Gasteiger partial charge in [-0.1, -0.05) is 32.1 Å². The Labute approximate surface area is 88.9 Å². The van der Waals surface area contributed by atoms with E-state index in [9.17, 15) is 0 Å². The molecule has 0 aromatic heterocycles. The zero-order valence-electron chi connectivity index (χ0n) is 9.73. The highest BCUT2D eigenvalue weighted by molar-refractivity contribution is 4.86. The van der Waals surface area contributed by atoms with Crippen molar-refractivity contribution in [1.82, 2.24) is 4.90 Å². The highest BCUT2D eigenvalue weighted by Gasteiger charge is 2.33. The first kappa shape index (κ1) is 10.5. The maximum Gasteiger partial charge on any atom is 0.00349 e. The molecule has 1 heteroatoms. The Kier molecular flexibility index (Phi) is 3.48. The Morgan fingerprint density at radius 2 is 1.36 bits per heavy atom. The molecule has 0 aromatic rings. The van der Waals surface area contributed by atoms with Crippen LogP contribution >= 0.6 is 0 Å². The van der Waals surface area contributed by atoms with Crippen LogP contribution < -0.4 is 0 Å². The lowest BCUT2D eigenvalue weighted by atomic mass is 9.71. The molecule has 1 saturated carbocycles. The monoisotopic (exact) mass is 195 g/mol. The molecule has 2 rings (SSSR count). The minimum absolute atomic E-state index is 0.730. The van der Waals surface area contributed by atoms with Gasteiger partial charge in [0.1, 0.15) is 0 Å². The van der Waals surface area contributed by atoms with Gasteiger partial charge in [0, 0.05) is 6.54 Å². The smallest absolute Gasteiger partial charge is 0.00349 e. The number of nitrogens with zero attached hydrogens (tertiary/aromatic N) is 1. The van der Waals surface area contributed by atoms with Crippen molar-refractivity contribution in [3.63, 3.8) is 0 Å². The Morgan fingerprint density at radius 3 is 2.00 bits per heavy atom. The fraction of sp³-hybridized carbons (Fsp3) is 1.00. The van der Waals surface area contributed by atoms with E-state index in [4.69, 9.17) is 0 Å². The van der Waals surface area contributed by atoms with Crippen LogP contribution in [0.1, 0.15) is 57.8 Å². The molecule has 82 valence electrons. The quantitative estimate of drug-likeness (QED) is 0.572. The number of rotatable bonds is 0. The van der Waals surface area contributed by atoms with Gasteiger partial charge in [-0.05, 0) is 44.7 Å². The summed E-state index contributed by atoms with van der Waals surface area (Å²) in [7, 11) is 2.31. The third-order valence-electron chi connectivity index (χ3n) is 4.27. The van der Waals surface area contributed by atoms with E-state index < -0.39 is 0 Å². The molecule has 2 fully saturated rings. The van der Waals surface area contributed by atoms with Gasteiger partial charge < -0.3 is 4.90 Å². The summed E-state index contributed by atoms with van der Waals surface area (Å²) < 4.78 is 0. The van der Waals surface area contributed by atoms with E-state index in [0.29, 0.717) is 0 Å². The van der Waals surface area contributed by atoms with Crippen LogP contribution in [0.5, 0.6) is 0 Å². The molecular formula is C13H25N. The second kappa shape index (κ2) is 4.65. The number of likely N-dealkylation sites (tertiary alicyclic amines) is 1. The zero-order chi connectivity index (χ0) is 9.86. The Hall–Kier alpha value is -0.0400. The van der Waals surface area contributed by atoms with Crippen molar-refractivity contribution in [2.24, 2.45) is 5.41 Å². The van der Waals surface area contributed by atoms with Crippen molar-refractivity contribution < 1.29 is 0 Å². The second-order valence-electron chi connectivity index (χ2n) is 5.61. The van der Waals surface area contributed by atoms with E-state index in [0.717, 1.165) is 5.41 Å². The number of hydrogen-bond acceptors (Lipinski definition) is 1. The van der Waals surface area contributed by atoms with E-state index in [-0.39, 0.29) is 0 Å². The van der Waals surface area contributed by atoms with Crippen LogP contribution in [0, 0.1) is 5.41 Å². The summed E-state index contributed by atoms with van der Waals surface area (Å²) in [6, 6.07) is 0. The summed E-state index contributed by atoms with van der Waals surface area (Å²) in [4.78, 5) is 2.56. The van der Waals surface area contributed by atoms with Crippen molar-refractivity contribution in [3.05, 3.63) is 0 Å². The first-order valence-electron chi connectivity index (χ1n) is 6.49. The molecule has 14 heavy (non-hydrogen) atoms. The molecule has 2 aliphatic rings. The molecule has 1 nitrogen and oxygen atoms in total. The SMILES string of the molecule is CN1CCCC2(CCCCCCC2)C1. The molecule has 1 aliphatic heterocycles. The molecule has 0 bridgehead atoms. The van der Waals surface area contributed by atoms with E-state index in [1.807, 2.05) is 0 Å². The molecule has 0 radical (unpaired) electrons. The summed E-state index contributed by atoms with van der Waals surface area (Å²) in [5.41, 5.74) is 0.730. The minimum atomic E-state index is 0.730. The van der Waals surface area contributed by atoms with Crippen LogP contribution in [0.25, 0.3) is 0 Å².